The maximum absolute atomic E-state index is 12.9. The van der Waals surface area contributed by atoms with Gasteiger partial charge in [-0.3, -0.25) is 14.9 Å². The van der Waals surface area contributed by atoms with Crippen molar-refractivity contribution in [1.82, 2.24) is 4.90 Å². The lowest BCUT2D eigenvalue weighted by Crippen LogP contribution is -2.48. The van der Waals surface area contributed by atoms with Crippen LogP contribution in [0.3, 0.4) is 0 Å². The van der Waals surface area contributed by atoms with Gasteiger partial charge in [0.05, 0.1) is 24.7 Å². The molecule has 0 saturated carbocycles. The van der Waals surface area contributed by atoms with E-state index in [-0.39, 0.29) is 17.2 Å². The number of carboxylic acid groups (broad SMARTS) is 1. The van der Waals surface area contributed by atoms with E-state index in [1.807, 2.05) is 4.90 Å². The van der Waals surface area contributed by atoms with Gasteiger partial charge in [0.2, 0.25) is 0 Å². The van der Waals surface area contributed by atoms with Crippen molar-refractivity contribution in [2.45, 2.75) is 0 Å². The second-order valence-electron chi connectivity index (χ2n) is 7.02. The third-order valence-corrected chi connectivity index (χ3v) is 5.18. The number of aliphatic carboxylic acids is 1. The number of hydrogen-bond donors (Lipinski definition) is 1. The van der Waals surface area contributed by atoms with Crippen LogP contribution in [0.25, 0.3) is 6.08 Å². The Labute approximate surface area is 184 Å². The van der Waals surface area contributed by atoms with Gasteiger partial charge in [-0.1, -0.05) is 0 Å². The minimum absolute atomic E-state index is 0.126. The maximum Gasteiger partial charge on any atom is 0.328 e. The van der Waals surface area contributed by atoms with E-state index in [1.54, 1.807) is 35.2 Å². The fourth-order valence-electron chi connectivity index (χ4n) is 3.52. The summed E-state index contributed by atoms with van der Waals surface area (Å²) in [5.74, 6) is -0.295. The highest BCUT2D eigenvalue weighted by molar-refractivity contribution is 5.95. The standard InChI is InChI=1S/C22H23N3O7/c1-31-19-7-3-16(14-20(19)32-2)22(28)24-11-9-23(10-12-24)17-5-6-18(25(29)30)15(13-17)4-8-21(26)27/h3-8,13-14H,9-12H2,1-2H3,(H,26,27). The SMILES string of the molecule is COc1ccc(C(=O)N2CCN(c3ccc([N+](=O)[O-])c(C=CC(=O)O)c3)CC2)cc1OC. The summed E-state index contributed by atoms with van der Waals surface area (Å²) >= 11 is 0. The molecule has 32 heavy (non-hydrogen) atoms. The van der Waals surface area contributed by atoms with Crippen molar-refractivity contribution in [3.8, 4) is 11.5 Å². The van der Waals surface area contributed by atoms with Gasteiger partial charge >= 0.3 is 5.97 Å². The second-order valence-corrected chi connectivity index (χ2v) is 7.02. The van der Waals surface area contributed by atoms with Crippen LogP contribution in [-0.4, -0.2) is 67.2 Å². The molecule has 0 atom stereocenters. The molecule has 2 aromatic carbocycles. The zero-order chi connectivity index (χ0) is 23.3. The maximum atomic E-state index is 12.9. The number of rotatable bonds is 7. The average molecular weight is 441 g/mol. The second kappa shape index (κ2) is 9.82. The van der Waals surface area contributed by atoms with Gasteiger partial charge in [-0.05, 0) is 36.4 Å². The van der Waals surface area contributed by atoms with Crippen LogP contribution < -0.4 is 14.4 Å². The monoisotopic (exact) mass is 441 g/mol. The predicted molar refractivity (Wildman–Crippen MR) is 117 cm³/mol. The zero-order valence-electron chi connectivity index (χ0n) is 17.7. The Balaban J connectivity index is 1.73. The molecule has 1 saturated heterocycles. The van der Waals surface area contributed by atoms with Gasteiger partial charge in [-0.2, -0.15) is 0 Å². The number of anilines is 1. The van der Waals surface area contributed by atoms with Gasteiger partial charge in [0.15, 0.2) is 11.5 Å². The molecule has 1 aliphatic rings. The Morgan fingerprint density at radius 1 is 1.03 bits per heavy atom. The Bertz CT molecular complexity index is 1060. The van der Waals surface area contributed by atoms with Gasteiger partial charge in [0, 0.05) is 49.6 Å². The number of nitro benzene ring substituents is 1. The fraction of sp³-hybridized carbons (Fsp3) is 0.273. The molecule has 1 aliphatic heterocycles. The molecule has 168 valence electrons. The highest BCUT2D eigenvalue weighted by Crippen LogP contribution is 2.29. The molecule has 0 radical (unpaired) electrons. The normalized spacial score (nSPS) is 13.8. The summed E-state index contributed by atoms with van der Waals surface area (Å²) in [6.07, 6.45) is 2.08. The first-order chi connectivity index (χ1) is 15.3. The lowest BCUT2D eigenvalue weighted by atomic mass is 10.1. The van der Waals surface area contributed by atoms with Crippen molar-refractivity contribution < 1.29 is 29.1 Å². The van der Waals surface area contributed by atoms with Crippen LogP contribution >= 0.6 is 0 Å². The molecule has 0 bridgehead atoms. The highest BCUT2D eigenvalue weighted by Gasteiger charge is 2.24. The highest BCUT2D eigenvalue weighted by atomic mass is 16.6. The smallest absolute Gasteiger partial charge is 0.328 e. The van der Waals surface area contributed by atoms with Gasteiger partial charge in [-0.25, -0.2) is 4.79 Å². The Hall–Kier alpha value is -4.08. The fourth-order valence-corrected chi connectivity index (χ4v) is 3.52. The van der Waals surface area contributed by atoms with Crippen molar-refractivity contribution in [2.24, 2.45) is 0 Å². The van der Waals surface area contributed by atoms with E-state index in [0.717, 1.165) is 11.8 Å². The number of carboxylic acids is 1. The lowest BCUT2D eigenvalue weighted by molar-refractivity contribution is -0.385. The number of methoxy groups -OCH3 is 2. The molecule has 1 N–H and O–H groups in total. The van der Waals surface area contributed by atoms with E-state index < -0.39 is 10.9 Å². The number of nitro groups is 1. The molecule has 10 heteroatoms. The molecule has 2 aromatic rings. The quantitative estimate of drug-likeness (QED) is 0.395. The molecule has 0 unspecified atom stereocenters. The van der Waals surface area contributed by atoms with Crippen LogP contribution in [0.2, 0.25) is 0 Å². The summed E-state index contributed by atoms with van der Waals surface area (Å²) in [6, 6.07) is 9.59. The molecule has 0 spiro atoms. The van der Waals surface area contributed by atoms with E-state index in [0.29, 0.717) is 43.2 Å². The Morgan fingerprint density at radius 2 is 1.72 bits per heavy atom. The minimum atomic E-state index is -1.19. The van der Waals surface area contributed by atoms with Gasteiger partial charge in [0.25, 0.3) is 11.6 Å². The van der Waals surface area contributed by atoms with Crippen LogP contribution in [0.5, 0.6) is 11.5 Å². The van der Waals surface area contributed by atoms with Crippen molar-refractivity contribution in [1.29, 1.82) is 0 Å². The molecule has 0 aliphatic carbocycles. The van der Waals surface area contributed by atoms with Crippen LogP contribution in [0.4, 0.5) is 11.4 Å². The molecule has 1 heterocycles. The number of piperazine rings is 1. The summed E-state index contributed by atoms with van der Waals surface area (Å²) < 4.78 is 10.5. The van der Waals surface area contributed by atoms with Crippen molar-refractivity contribution in [2.75, 3.05) is 45.3 Å². The molecule has 1 fully saturated rings. The first kappa shape index (κ1) is 22.6. The summed E-state index contributed by atoms with van der Waals surface area (Å²) in [7, 11) is 3.04. The Kier molecular flexibility index (Phi) is 6.93. The number of amides is 1. The van der Waals surface area contributed by atoms with E-state index in [4.69, 9.17) is 14.6 Å². The van der Waals surface area contributed by atoms with E-state index >= 15 is 0 Å². The Morgan fingerprint density at radius 3 is 2.31 bits per heavy atom. The van der Waals surface area contributed by atoms with Gasteiger partial charge in [0.1, 0.15) is 0 Å². The largest absolute Gasteiger partial charge is 0.493 e. The molecule has 0 aromatic heterocycles. The van der Waals surface area contributed by atoms with Crippen molar-refractivity contribution >= 4 is 29.3 Å². The molecular formula is C22H23N3O7. The van der Waals surface area contributed by atoms with Crippen LogP contribution in [0.15, 0.2) is 42.5 Å². The van der Waals surface area contributed by atoms with Gasteiger partial charge in [-0.15, -0.1) is 0 Å². The molecule has 1 amide bonds. The van der Waals surface area contributed by atoms with Gasteiger partial charge < -0.3 is 24.4 Å². The predicted octanol–water partition coefficient (Wildman–Crippen LogP) is 2.67. The van der Waals surface area contributed by atoms with Crippen LogP contribution in [0, 0.1) is 10.1 Å². The number of benzene rings is 2. The summed E-state index contributed by atoms with van der Waals surface area (Å²) in [5.41, 5.74) is 1.25. The first-order valence-corrected chi connectivity index (χ1v) is 9.79. The topological polar surface area (TPSA) is 122 Å². The summed E-state index contributed by atoms with van der Waals surface area (Å²) in [4.78, 5) is 38.1. The summed E-state index contributed by atoms with van der Waals surface area (Å²) in [5, 5.41) is 20.1. The van der Waals surface area contributed by atoms with E-state index in [9.17, 15) is 19.7 Å². The molecule has 10 nitrogen and oxygen atoms in total. The number of carbonyl (C=O) groups is 2. The van der Waals surface area contributed by atoms with Crippen molar-refractivity contribution in [3.63, 3.8) is 0 Å². The van der Waals surface area contributed by atoms with Crippen LogP contribution in [0.1, 0.15) is 15.9 Å². The van der Waals surface area contributed by atoms with Crippen molar-refractivity contribution in [3.05, 3.63) is 63.7 Å². The zero-order valence-corrected chi connectivity index (χ0v) is 17.7. The van der Waals surface area contributed by atoms with Crippen LogP contribution in [-0.2, 0) is 4.79 Å². The first-order valence-electron chi connectivity index (χ1n) is 9.79. The molecular weight excluding hydrogens is 418 g/mol. The third-order valence-electron chi connectivity index (χ3n) is 5.18. The average Bonchev–Trinajstić information content (AvgIpc) is 2.81. The number of nitrogens with zero attached hydrogens (tertiary/aromatic N) is 3. The number of ether oxygens (including phenoxy) is 2. The molecule has 3 rings (SSSR count). The summed E-state index contributed by atoms with van der Waals surface area (Å²) in [6.45, 7) is 1.98. The minimum Gasteiger partial charge on any atom is -0.493 e. The number of hydrogen-bond acceptors (Lipinski definition) is 7. The van der Waals surface area contributed by atoms with E-state index in [1.165, 1.54) is 26.4 Å². The third kappa shape index (κ3) is 4.97. The number of carbonyl (C=O) groups excluding carboxylic acids is 1. The lowest BCUT2D eigenvalue weighted by Gasteiger charge is -2.36. The van der Waals surface area contributed by atoms with E-state index in [2.05, 4.69) is 0 Å².